The van der Waals surface area contributed by atoms with Crippen molar-refractivity contribution in [2.24, 2.45) is 5.92 Å². The van der Waals surface area contributed by atoms with Gasteiger partial charge in [-0.1, -0.05) is 43.2 Å². The first kappa shape index (κ1) is 11.9. The van der Waals surface area contributed by atoms with Crippen molar-refractivity contribution >= 4 is 11.6 Å². The summed E-state index contributed by atoms with van der Waals surface area (Å²) in [5.74, 6) is 1.69. The van der Waals surface area contributed by atoms with Crippen LogP contribution in [0, 0.1) is 5.92 Å². The molecular formula is C14H20ClN. The standard InChI is InChI=1S/C14H20ClN/c15-11-14(16-9-8-12-6-7-12)10-13-4-2-1-3-5-13/h1-5,12,14,16H,6-11H2. The van der Waals surface area contributed by atoms with Crippen molar-refractivity contribution in [1.29, 1.82) is 0 Å². The lowest BCUT2D eigenvalue weighted by Gasteiger charge is -2.15. The zero-order valence-electron chi connectivity index (χ0n) is 9.66. The minimum Gasteiger partial charge on any atom is -0.312 e. The Hall–Kier alpha value is -0.530. The summed E-state index contributed by atoms with van der Waals surface area (Å²) in [6, 6.07) is 11.0. The second-order valence-corrected chi connectivity index (χ2v) is 5.04. The number of benzene rings is 1. The maximum absolute atomic E-state index is 5.99. The molecule has 0 heterocycles. The third-order valence-corrected chi connectivity index (χ3v) is 3.57. The average molecular weight is 238 g/mol. The normalized spacial score (nSPS) is 17.3. The average Bonchev–Trinajstić information content (AvgIpc) is 3.13. The molecule has 0 aliphatic heterocycles. The van der Waals surface area contributed by atoms with Gasteiger partial charge >= 0.3 is 0 Å². The lowest BCUT2D eigenvalue weighted by Crippen LogP contribution is -2.33. The summed E-state index contributed by atoms with van der Waals surface area (Å²) in [5.41, 5.74) is 1.37. The van der Waals surface area contributed by atoms with Gasteiger partial charge in [-0.3, -0.25) is 0 Å². The minimum atomic E-state index is 0.419. The van der Waals surface area contributed by atoms with Crippen LogP contribution in [-0.4, -0.2) is 18.5 Å². The molecule has 16 heavy (non-hydrogen) atoms. The van der Waals surface area contributed by atoms with Crippen LogP contribution in [0.1, 0.15) is 24.8 Å². The Bertz CT molecular complexity index is 295. The molecule has 1 N–H and O–H groups in total. The van der Waals surface area contributed by atoms with Crippen LogP contribution in [0.5, 0.6) is 0 Å². The van der Waals surface area contributed by atoms with E-state index in [9.17, 15) is 0 Å². The Morgan fingerprint density at radius 3 is 2.62 bits per heavy atom. The number of halogens is 1. The van der Waals surface area contributed by atoms with Crippen molar-refractivity contribution in [2.75, 3.05) is 12.4 Å². The predicted molar refractivity (Wildman–Crippen MR) is 70.0 cm³/mol. The molecule has 1 atom stereocenters. The Balaban J connectivity index is 1.71. The molecule has 1 aliphatic carbocycles. The Morgan fingerprint density at radius 2 is 2.00 bits per heavy atom. The van der Waals surface area contributed by atoms with Crippen LogP contribution in [0.15, 0.2) is 30.3 Å². The van der Waals surface area contributed by atoms with Gasteiger partial charge in [0.05, 0.1) is 0 Å². The summed E-state index contributed by atoms with van der Waals surface area (Å²) in [6.07, 6.45) is 5.23. The van der Waals surface area contributed by atoms with Crippen LogP contribution < -0.4 is 5.32 Å². The number of nitrogens with one attached hydrogen (secondary N) is 1. The van der Waals surface area contributed by atoms with E-state index in [1.807, 2.05) is 0 Å². The van der Waals surface area contributed by atoms with Gasteiger partial charge < -0.3 is 5.32 Å². The van der Waals surface area contributed by atoms with Crippen molar-refractivity contribution in [3.63, 3.8) is 0 Å². The zero-order valence-corrected chi connectivity index (χ0v) is 10.4. The minimum absolute atomic E-state index is 0.419. The largest absolute Gasteiger partial charge is 0.312 e. The molecule has 0 spiro atoms. The molecule has 1 fully saturated rings. The molecule has 1 aliphatic rings. The second-order valence-electron chi connectivity index (χ2n) is 4.73. The highest BCUT2D eigenvalue weighted by atomic mass is 35.5. The fraction of sp³-hybridized carbons (Fsp3) is 0.571. The zero-order chi connectivity index (χ0) is 11.2. The number of hydrogen-bond donors (Lipinski definition) is 1. The van der Waals surface area contributed by atoms with E-state index in [1.165, 1.54) is 24.8 Å². The van der Waals surface area contributed by atoms with Gasteiger partial charge in [-0.25, -0.2) is 0 Å². The monoisotopic (exact) mass is 237 g/mol. The van der Waals surface area contributed by atoms with E-state index >= 15 is 0 Å². The van der Waals surface area contributed by atoms with Crippen molar-refractivity contribution in [1.82, 2.24) is 5.32 Å². The van der Waals surface area contributed by atoms with Crippen LogP contribution in [-0.2, 0) is 6.42 Å². The fourth-order valence-corrected chi connectivity index (χ4v) is 2.20. The Labute approximate surface area is 103 Å². The summed E-state index contributed by atoms with van der Waals surface area (Å²) in [6.45, 7) is 1.12. The van der Waals surface area contributed by atoms with E-state index in [4.69, 9.17) is 11.6 Å². The first-order chi connectivity index (χ1) is 7.88. The predicted octanol–water partition coefficient (Wildman–Crippen LogP) is 3.23. The maximum atomic E-state index is 5.99. The molecule has 0 saturated heterocycles. The van der Waals surface area contributed by atoms with Crippen molar-refractivity contribution < 1.29 is 0 Å². The molecule has 0 radical (unpaired) electrons. The summed E-state index contributed by atoms with van der Waals surface area (Å²) < 4.78 is 0. The highest BCUT2D eigenvalue weighted by Gasteiger charge is 2.20. The molecule has 0 amide bonds. The SMILES string of the molecule is ClCC(Cc1ccccc1)NCCC1CC1. The van der Waals surface area contributed by atoms with Crippen molar-refractivity contribution in [3.8, 4) is 0 Å². The number of alkyl halides is 1. The van der Waals surface area contributed by atoms with Crippen LogP contribution >= 0.6 is 11.6 Å². The molecule has 1 saturated carbocycles. The van der Waals surface area contributed by atoms with Crippen LogP contribution in [0.3, 0.4) is 0 Å². The lowest BCUT2D eigenvalue weighted by molar-refractivity contribution is 0.523. The molecule has 1 aromatic rings. The van der Waals surface area contributed by atoms with E-state index in [0.717, 1.165) is 18.9 Å². The third-order valence-electron chi connectivity index (χ3n) is 3.19. The third kappa shape index (κ3) is 4.15. The van der Waals surface area contributed by atoms with Gasteiger partial charge in [-0.15, -0.1) is 11.6 Å². The van der Waals surface area contributed by atoms with Gasteiger partial charge in [0.1, 0.15) is 0 Å². The molecule has 0 aromatic heterocycles. The maximum Gasteiger partial charge on any atom is 0.0380 e. The van der Waals surface area contributed by atoms with Crippen molar-refractivity contribution in [2.45, 2.75) is 31.7 Å². The van der Waals surface area contributed by atoms with Crippen LogP contribution in [0.4, 0.5) is 0 Å². The summed E-state index contributed by atoms with van der Waals surface area (Å²) in [4.78, 5) is 0. The van der Waals surface area contributed by atoms with Crippen LogP contribution in [0.2, 0.25) is 0 Å². The topological polar surface area (TPSA) is 12.0 Å². The second kappa shape index (κ2) is 6.27. The molecule has 88 valence electrons. The number of rotatable bonds is 7. The van der Waals surface area contributed by atoms with Gasteiger partial charge in [0.15, 0.2) is 0 Å². The summed E-state index contributed by atoms with van der Waals surface area (Å²) >= 11 is 5.99. The molecule has 1 nitrogen and oxygen atoms in total. The molecule has 2 heteroatoms. The molecule has 1 unspecified atom stereocenters. The molecule has 2 rings (SSSR count). The van der Waals surface area contributed by atoms with Gasteiger partial charge in [0.25, 0.3) is 0 Å². The smallest absolute Gasteiger partial charge is 0.0380 e. The van der Waals surface area contributed by atoms with Crippen LogP contribution in [0.25, 0.3) is 0 Å². The van der Waals surface area contributed by atoms with Gasteiger partial charge in [-0.2, -0.15) is 0 Å². The molecular weight excluding hydrogens is 218 g/mol. The highest BCUT2D eigenvalue weighted by Crippen LogP contribution is 2.31. The van der Waals surface area contributed by atoms with E-state index in [0.29, 0.717) is 11.9 Å². The summed E-state index contributed by atoms with van der Waals surface area (Å²) in [7, 11) is 0. The Kier molecular flexibility index (Phi) is 4.68. The fourth-order valence-electron chi connectivity index (χ4n) is 1.98. The van der Waals surface area contributed by atoms with Crippen molar-refractivity contribution in [3.05, 3.63) is 35.9 Å². The molecule has 1 aromatic carbocycles. The molecule has 0 bridgehead atoms. The summed E-state index contributed by atoms with van der Waals surface area (Å²) in [5, 5.41) is 3.56. The van der Waals surface area contributed by atoms with E-state index in [-0.39, 0.29) is 0 Å². The van der Waals surface area contributed by atoms with E-state index in [2.05, 4.69) is 35.6 Å². The van der Waals surface area contributed by atoms with Gasteiger partial charge in [0.2, 0.25) is 0 Å². The quantitative estimate of drug-likeness (QED) is 0.718. The van der Waals surface area contributed by atoms with Gasteiger partial charge in [-0.05, 0) is 30.9 Å². The number of hydrogen-bond acceptors (Lipinski definition) is 1. The first-order valence-corrected chi connectivity index (χ1v) is 6.75. The Morgan fingerprint density at radius 1 is 1.25 bits per heavy atom. The lowest BCUT2D eigenvalue weighted by atomic mass is 10.1. The van der Waals surface area contributed by atoms with E-state index in [1.54, 1.807) is 0 Å². The van der Waals surface area contributed by atoms with Gasteiger partial charge in [0, 0.05) is 11.9 Å². The van der Waals surface area contributed by atoms with E-state index < -0.39 is 0 Å². The highest BCUT2D eigenvalue weighted by molar-refractivity contribution is 6.18. The first-order valence-electron chi connectivity index (χ1n) is 6.21.